The maximum Gasteiger partial charge on any atom is 0.282 e. The van der Waals surface area contributed by atoms with Crippen LogP contribution in [0.2, 0.25) is 5.02 Å². The number of hydrogen-bond donors (Lipinski definition) is 0. The number of halogens is 1. The Bertz CT molecular complexity index is 859. The molecule has 1 aromatic heterocycles. The van der Waals surface area contributed by atoms with Gasteiger partial charge in [0.2, 0.25) is 0 Å². The van der Waals surface area contributed by atoms with E-state index in [9.17, 15) is 14.9 Å². The highest BCUT2D eigenvalue weighted by Gasteiger charge is 2.27. The molecule has 1 amide bonds. The number of nitrogens with zero attached hydrogens (tertiary/aromatic N) is 5. The van der Waals surface area contributed by atoms with Crippen molar-refractivity contribution in [2.75, 3.05) is 32.7 Å². The van der Waals surface area contributed by atoms with E-state index < -0.39 is 4.92 Å². The van der Waals surface area contributed by atoms with Gasteiger partial charge < -0.3 is 9.47 Å². The Balaban J connectivity index is 1.58. The molecule has 150 valence electrons. The van der Waals surface area contributed by atoms with Gasteiger partial charge in [0.05, 0.1) is 4.92 Å². The van der Waals surface area contributed by atoms with Gasteiger partial charge >= 0.3 is 0 Å². The number of aromatic nitrogens is 2. The van der Waals surface area contributed by atoms with E-state index in [1.165, 1.54) is 18.2 Å². The second-order valence-electron chi connectivity index (χ2n) is 7.19. The summed E-state index contributed by atoms with van der Waals surface area (Å²) in [6, 6.07) is 4.08. The summed E-state index contributed by atoms with van der Waals surface area (Å²) in [6.45, 7) is 8.48. The number of carbonyl (C=O) groups is 1. The summed E-state index contributed by atoms with van der Waals surface area (Å²) in [5, 5.41) is 11.5. The molecule has 0 radical (unpaired) electrons. The molecule has 0 spiro atoms. The highest BCUT2D eigenvalue weighted by molar-refractivity contribution is 6.31. The fraction of sp³-hybridized carbons (Fsp3) is 0.474. The smallest absolute Gasteiger partial charge is 0.282 e. The third-order valence-corrected chi connectivity index (χ3v) is 5.20. The van der Waals surface area contributed by atoms with Crippen LogP contribution < -0.4 is 0 Å². The largest absolute Gasteiger partial charge is 0.336 e. The minimum atomic E-state index is -0.544. The van der Waals surface area contributed by atoms with Crippen LogP contribution in [0, 0.1) is 10.1 Å². The molecular weight excluding hydrogens is 382 g/mol. The van der Waals surface area contributed by atoms with Gasteiger partial charge in [0, 0.05) is 68.7 Å². The van der Waals surface area contributed by atoms with Crippen molar-refractivity contribution >= 4 is 23.2 Å². The van der Waals surface area contributed by atoms with Crippen molar-refractivity contribution in [1.29, 1.82) is 0 Å². The second-order valence-corrected chi connectivity index (χ2v) is 7.62. The van der Waals surface area contributed by atoms with E-state index in [0.29, 0.717) is 24.0 Å². The fourth-order valence-electron chi connectivity index (χ4n) is 3.44. The van der Waals surface area contributed by atoms with Crippen LogP contribution in [-0.4, -0.2) is 62.9 Å². The number of benzene rings is 1. The van der Waals surface area contributed by atoms with Crippen molar-refractivity contribution < 1.29 is 9.72 Å². The minimum absolute atomic E-state index is 0.0472. The van der Waals surface area contributed by atoms with Gasteiger partial charge in [0.25, 0.3) is 11.6 Å². The molecule has 2 heterocycles. The normalized spacial score (nSPS) is 15.2. The number of nitro groups is 1. The van der Waals surface area contributed by atoms with Gasteiger partial charge in [-0.25, -0.2) is 4.98 Å². The molecule has 9 heteroatoms. The predicted molar refractivity (Wildman–Crippen MR) is 107 cm³/mol. The first-order chi connectivity index (χ1) is 13.4. The third-order valence-electron chi connectivity index (χ3n) is 4.97. The molecule has 0 aliphatic carbocycles. The number of nitro benzene ring substituents is 1. The Morgan fingerprint density at radius 3 is 2.61 bits per heavy atom. The van der Waals surface area contributed by atoms with Gasteiger partial charge in [-0.1, -0.05) is 25.4 Å². The van der Waals surface area contributed by atoms with Crippen molar-refractivity contribution in [3.05, 3.63) is 57.1 Å². The predicted octanol–water partition coefficient (Wildman–Crippen LogP) is 3.03. The summed E-state index contributed by atoms with van der Waals surface area (Å²) >= 11 is 5.94. The van der Waals surface area contributed by atoms with E-state index in [4.69, 9.17) is 11.6 Å². The summed E-state index contributed by atoms with van der Waals surface area (Å²) in [5.74, 6) is 1.10. The van der Waals surface area contributed by atoms with E-state index in [-0.39, 0.29) is 17.2 Å². The Kier molecular flexibility index (Phi) is 6.31. The van der Waals surface area contributed by atoms with Crippen molar-refractivity contribution in [3.8, 4) is 0 Å². The highest BCUT2D eigenvalue weighted by Crippen LogP contribution is 2.24. The van der Waals surface area contributed by atoms with Crippen LogP contribution in [0.5, 0.6) is 0 Å². The number of piperazine rings is 1. The maximum absolute atomic E-state index is 12.8. The molecule has 28 heavy (non-hydrogen) atoms. The van der Waals surface area contributed by atoms with Gasteiger partial charge in [-0.15, -0.1) is 0 Å². The van der Waals surface area contributed by atoms with E-state index in [2.05, 4.69) is 28.3 Å². The molecular formula is C19H24ClN5O3. The Morgan fingerprint density at radius 2 is 1.96 bits per heavy atom. The third kappa shape index (κ3) is 4.51. The zero-order valence-electron chi connectivity index (χ0n) is 16.0. The quantitative estimate of drug-likeness (QED) is 0.544. The number of rotatable bonds is 6. The monoisotopic (exact) mass is 405 g/mol. The topological polar surface area (TPSA) is 84.5 Å². The van der Waals surface area contributed by atoms with E-state index >= 15 is 0 Å². The minimum Gasteiger partial charge on any atom is -0.336 e. The Morgan fingerprint density at radius 1 is 1.25 bits per heavy atom. The van der Waals surface area contributed by atoms with Crippen LogP contribution >= 0.6 is 11.6 Å². The van der Waals surface area contributed by atoms with Gasteiger partial charge in [0.1, 0.15) is 11.4 Å². The molecule has 1 aliphatic rings. The summed E-state index contributed by atoms with van der Waals surface area (Å²) in [5.41, 5.74) is -0.163. The lowest BCUT2D eigenvalue weighted by Crippen LogP contribution is -2.49. The molecule has 8 nitrogen and oxygen atoms in total. The summed E-state index contributed by atoms with van der Waals surface area (Å²) < 4.78 is 2.16. The maximum atomic E-state index is 12.8. The average Bonchev–Trinajstić information content (AvgIpc) is 3.15. The number of imidazole rings is 1. The van der Waals surface area contributed by atoms with Crippen molar-refractivity contribution in [1.82, 2.24) is 19.4 Å². The first kappa shape index (κ1) is 20.3. The summed E-state index contributed by atoms with van der Waals surface area (Å²) in [4.78, 5) is 31.8. The summed E-state index contributed by atoms with van der Waals surface area (Å²) in [6.07, 6.45) is 3.82. The number of carbonyl (C=O) groups excluding carboxylic acids is 1. The van der Waals surface area contributed by atoms with Crippen molar-refractivity contribution in [2.45, 2.75) is 26.3 Å². The van der Waals surface area contributed by atoms with Gasteiger partial charge in [0.15, 0.2) is 0 Å². The van der Waals surface area contributed by atoms with Crippen LogP contribution in [0.1, 0.15) is 35.9 Å². The first-order valence-corrected chi connectivity index (χ1v) is 9.71. The lowest BCUT2D eigenvalue weighted by molar-refractivity contribution is -0.385. The van der Waals surface area contributed by atoms with Gasteiger partial charge in [-0.3, -0.25) is 19.8 Å². The van der Waals surface area contributed by atoms with E-state index in [1.807, 2.05) is 12.4 Å². The molecule has 0 unspecified atom stereocenters. The van der Waals surface area contributed by atoms with E-state index in [0.717, 1.165) is 32.0 Å². The molecule has 0 bridgehead atoms. The number of amides is 1. The Labute approximate surface area is 168 Å². The SMILES string of the molecule is CC(C)c1nccn1CCN1CCN(C(=O)c2cc(Cl)ccc2[N+](=O)[O-])CC1. The molecule has 1 saturated heterocycles. The van der Waals surface area contributed by atoms with Gasteiger partial charge in [-0.05, 0) is 12.1 Å². The second kappa shape index (κ2) is 8.70. The molecule has 1 aliphatic heterocycles. The fourth-order valence-corrected chi connectivity index (χ4v) is 3.62. The standard InChI is InChI=1S/C19H24ClN5O3/c1-14(2)18-21-5-6-23(18)10-7-22-8-11-24(12-9-22)19(26)16-13-15(20)3-4-17(16)25(27)28/h3-6,13-14H,7-12H2,1-2H3. The van der Waals surface area contributed by atoms with Crippen molar-refractivity contribution in [2.24, 2.45) is 0 Å². The Hall–Kier alpha value is -2.45. The molecule has 1 aromatic carbocycles. The lowest BCUT2D eigenvalue weighted by Gasteiger charge is -2.34. The first-order valence-electron chi connectivity index (χ1n) is 9.33. The van der Waals surface area contributed by atoms with Crippen LogP contribution in [-0.2, 0) is 6.54 Å². The van der Waals surface area contributed by atoms with Crippen LogP contribution in [0.15, 0.2) is 30.6 Å². The van der Waals surface area contributed by atoms with Crippen LogP contribution in [0.3, 0.4) is 0 Å². The van der Waals surface area contributed by atoms with E-state index in [1.54, 1.807) is 4.90 Å². The van der Waals surface area contributed by atoms with Crippen LogP contribution in [0.25, 0.3) is 0 Å². The number of hydrogen-bond acceptors (Lipinski definition) is 5. The van der Waals surface area contributed by atoms with Crippen LogP contribution in [0.4, 0.5) is 5.69 Å². The lowest BCUT2D eigenvalue weighted by atomic mass is 10.1. The molecule has 0 atom stereocenters. The highest BCUT2D eigenvalue weighted by atomic mass is 35.5. The average molecular weight is 406 g/mol. The molecule has 3 rings (SSSR count). The molecule has 0 saturated carbocycles. The van der Waals surface area contributed by atoms with Crippen molar-refractivity contribution in [3.63, 3.8) is 0 Å². The molecule has 2 aromatic rings. The van der Waals surface area contributed by atoms with Gasteiger partial charge in [-0.2, -0.15) is 0 Å². The molecule has 0 N–H and O–H groups in total. The summed E-state index contributed by atoms with van der Waals surface area (Å²) in [7, 11) is 0. The zero-order valence-corrected chi connectivity index (χ0v) is 16.8. The zero-order chi connectivity index (χ0) is 20.3. The molecule has 1 fully saturated rings.